The van der Waals surface area contributed by atoms with Crippen LogP contribution in [-0.2, 0) is 4.79 Å². The zero-order chi connectivity index (χ0) is 20.2. The Labute approximate surface area is 169 Å². The summed E-state index contributed by atoms with van der Waals surface area (Å²) in [5.41, 5.74) is 2.28. The zero-order valence-electron chi connectivity index (χ0n) is 16.6. The van der Waals surface area contributed by atoms with Crippen LogP contribution in [0.4, 0.5) is 11.5 Å². The van der Waals surface area contributed by atoms with Gasteiger partial charge in [-0.1, -0.05) is 24.3 Å². The average Bonchev–Trinajstić information content (AvgIpc) is 2.78. The van der Waals surface area contributed by atoms with E-state index in [-0.39, 0.29) is 11.8 Å². The van der Waals surface area contributed by atoms with Gasteiger partial charge in [-0.2, -0.15) is 0 Å². The number of nitrogens with one attached hydrogen (secondary N) is 1. The van der Waals surface area contributed by atoms with Crippen LogP contribution in [0.3, 0.4) is 0 Å². The van der Waals surface area contributed by atoms with Crippen LogP contribution < -0.4 is 19.7 Å². The van der Waals surface area contributed by atoms with Crippen molar-refractivity contribution in [1.29, 1.82) is 0 Å². The Hall–Kier alpha value is -3.35. The fourth-order valence-corrected chi connectivity index (χ4v) is 3.68. The van der Waals surface area contributed by atoms with Crippen molar-refractivity contribution in [3.05, 3.63) is 48.5 Å². The van der Waals surface area contributed by atoms with Crippen molar-refractivity contribution in [2.45, 2.75) is 12.8 Å². The van der Waals surface area contributed by atoms with Gasteiger partial charge in [0.25, 0.3) is 5.88 Å². The highest BCUT2D eigenvalue weighted by molar-refractivity contribution is 5.94. The number of fused-ring (bicyclic) bond motifs is 1. The average molecular weight is 392 g/mol. The Morgan fingerprint density at radius 3 is 2.52 bits per heavy atom. The lowest BCUT2D eigenvalue weighted by molar-refractivity contribution is -0.120. The molecule has 4 rings (SSSR count). The highest BCUT2D eigenvalue weighted by Gasteiger charge is 2.29. The van der Waals surface area contributed by atoms with Gasteiger partial charge >= 0.3 is 0 Å². The number of ether oxygens (including phenoxy) is 2. The van der Waals surface area contributed by atoms with Crippen LogP contribution in [0.5, 0.6) is 11.6 Å². The summed E-state index contributed by atoms with van der Waals surface area (Å²) in [4.78, 5) is 24.4. The first-order chi connectivity index (χ1) is 14.2. The van der Waals surface area contributed by atoms with Crippen LogP contribution in [-0.4, -0.2) is 43.2 Å². The Morgan fingerprint density at radius 2 is 1.76 bits per heavy atom. The van der Waals surface area contributed by atoms with E-state index in [2.05, 4.69) is 15.2 Å². The molecule has 1 saturated heterocycles. The quantitative estimate of drug-likeness (QED) is 0.716. The van der Waals surface area contributed by atoms with Crippen LogP contribution >= 0.6 is 0 Å². The summed E-state index contributed by atoms with van der Waals surface area (Å²) in [5.74, 6) is 1.63. The number of nitrogens with zero attached hydrogens (tertiary/aromatic N) is 3. The van der Waals surface area contributed by atoms with Crippen LogP contribution in [0.15, 0.2) is 48.5 Å². The van der Waals surface area contributed by atoms with Gasteiger partial charge < -0.3 is 19.7 Å². The molecule has 1 fully saturated rings. The van der Waals surface area contributed by atoms with Gasteiger partial charge in [0.15, 0.2) is 5.82 Å². The normalized spacial score (nSPS) is 16.5. The van der Waals surface area contributed by atoms with E-state index in [1.807, 2.05) is 48.5 Å². The maximum absolute atomic E-state index is 12.9. The molecule has 0 bridgehead atoms. The van der Waals surface area contributed by atoms with E-state index in [9.17, 15) is 4.79 Å². The maximum Gasteiger partial charge on any atom is 0.257 e. The largest absolute Gasteiger partial charge is 0.495 e. The molecule has 0 spiro atoms. The van der Waals surface area contributed by atoms with E-state index in [0.29, 0.717) is 29.7 Å². The second-order valence-corrected chi connectivity index (χ2v) is 7.02. The highest BCUT2D eigenvalue weighted by Crippen LogP contribution is 2.31. The maximum atomic E-state index is 12.9. The third-order valence-electron chi connectivity index (χ3n) is 5.17. The monoisotopic (exact) mass is 392 g/mol. The second kappa shape index (κ2) is 8.34. The molecule has 1 aliphatic rings. The highest BCUT2D eigenvalue weighted by atomic mass is 16.5. The van der Waals surface area contributed by atoms with Crippen LogP contribution in [0, 0.1) is 5.92 Å². The van der Waals surface area contributed by atoms with E-state index in [4.69, 9.17) is 14.5 Å². The predicted molar refractivity (Wildman–Crippen MR) is 113 cm³/mol. The van der Waals surface area contributed by atoms with Crippen molar-refractivity contribution in [3.8, 4) is 11.6 Å². The lowest BCUT2D eigenvalue weighted by atomic mass is 9.97. The molecule has 1 N–H and O–H groups in total. The third kappa shape index (κ3) is 3.94. The number of benzene rings is 2. The minimum atomic E-state index is -0.161. The number of amides is 1. The van der Waals surface area contributed by atoms with Gasteiger partial charge in [-0.25, -0.2) is 9.97 Å². The van der Waals surface area contributed by atoms with Crippen molar-refractivity contribution in [2.75, 3.05) is 37.5 Å². The molecule has 1 amide bonds. The molecule has 1 aromatic heterocycles. The Morgan fingerprint density at radius 1 is 1.03 bits per heavy atom. The van der Waals surface area contributed by atoms with Crippen molar-refractivity contribution in [2.24, 2.45) is 5.92 Å². The van der Waals surface area contributed by atoms with E-state index in [1.54, 1.807) is 14.2 Å². The number of methoxy groups -OCH3 is 2. The number of para-hydroxylation sites is 4. The first-order valence-electron chi connectivity index (χ1n) is 9.69. The predicted octanol–water partition coefficient (Wildman–Crippen LogP) is 3.50. The molecule has 7 nitrogen and oxygen atoms in total. The molecule has 0 radical (unpaired) electrons. The summed E-state index contributed by atoms with van der Waals surface area (Å²) < 4.78 is 10.8. The van der Waals surface area contributed by atoms with Crippen molar-refractivity contribution in [1.82, 2.24) is 9.97 Å². The summed E-state index contributed by atoms with van der Waals surface area (Å²) in [6.07, 6.45) is 1.71. The van der Waals surface area contributed by atoms with Gasteiger partial charge in [-0.15, -0.1) is 0 Å². The van der Waals surface area contributed by atoms with Gasteiger partial charge in [0.2, 0.25) is 5.91 Å². The van der Waals surface area contributed by atoms with Crippen LogP contribution in [0.1, 0.15) is 12.8 Å². The molecule has 1 aliphatic heterocycles. The minimum absolute atomic E-state index is 0.0214. The van der Waals surface area contributed by atoms with Crippen molar-refractivity contribution >= 4 is 28.4 Å². The fourth-order valence-electron chi connectivity index (χ4n) is 3.68. The van der Waals surface area contributed by atoms with Gasteiger partial charge in [-0.3, -0.25) is 4.79 Å². The number of hydrogen-bond donors (Lipinski definition) is 1. The third-order valence-corrected chi connectivity index (χ3v) is 5.17. The molecule has 7 heteroatoms. The zero-order valence-corrected chi connectivity index (χ0v) is 16.6. The number of carbonyl (C=O) groups excluding carboxylic acids is 1. The molecule has 0 aliphatic carbocycles. The molecule has 3 aromatic rings. The standard InChI is InChI=1S/C22H24N4O3/c1-28-19-12-6-5-11-18(19)24-21(27)15-8-7-13-26(14-15)20-22(29-2)25-17-10-4-3-9-16(17)23-20/h3-6,9-12,15H,7-8,13-14H2,1-2H3,(H,24,27). The molecule has 2 heterocycles. The molecule has 2 aromatic carbocycles. The number of piperidine rings is 1. The summed E-state index contributed by atoms with van der Waals surface area (Å²) in [5, 5.41) is 3.00. The number of aromatic nitrogens is 2. The van der Waals surface area contributed by atoms with Gasteiger partial charge in [0.1, 0.15) is 5.75 Å². The van der Waals surface area contributed by atoms with E-state index in [1.165, 1.54) is 0 Å². The van der Waals surface area contributed by atoms with Gasteiger partial charge in [-0.05, 0) is 37.1 Å². The van der Waals surface area contributed by atoms with Crippen molar-refractivity contribution in [3.63, 3.8) is 0 Å². The van der Waals surface area contributed by atoms with E-state index >= 15 is 0 Å². The number of anilines is 2. The number of hydrogen-bond acceptors (Lipinski definition) is 6. The van der Waals surface area contributed by atoms with Gasteiger partial charge in [0.05, 0.1) is 36.9 Å². The van der Waals surface area contributed by atoms with E-state index < -0.39 is 0 Å². The van der Waals surface area contributed by atoms with E-state index in [0.717, 1.165) is 30.4 Å². The second-order valence-electron chi connectivity index (χ2n) is 7.02. The Kier molecular flexibility index (Phi) is 5.46. The molecule has 150 valence electrons. The van der Waals surface area contributed by atoms with Crippen LogP contribution in [0.25, 0.3) is 11.0 Å². The Bertz CT molecular complexity index is 1020. The smallest absolute Gasteiger partial charge is 0.257 e. The number of rotatable bonds is 5. The molecule has 29 heavy (non-hydrogen) atoms. The summed E-state index contributed by atoms with van der Waals surface area (Å²) in [6, 6.07) is 15.1. The summed E-state index contributed by atoms with van der Waals surface area (Å²) in [7, 11) is 3.19. The topological polar surface area (TPSA) is 76.6 Å². The molecule has 1 unspecified atom stereocenters. The van der Waals surface area contributed by atoms with Crippen LogP contribution in [0.2, 0.25) is 0 Å². The SMILES string of the molecule is COc1ccccc1NC(=O)C1CCCN(c2nc3ccccc3nc2OC)C1. The van der Waals surface area contributed by atoms with Crippen molar-refractivity contribution < 1.29 is 14.3 Å². The molecular weight excluding hydrogens is 368 g/mol. The molecule has 1 atom stereocenters. The minimum Gasteiger partial charge on any atom is -0.495 e. The number of carbonyl (C=O) groups is 1. The first-order valence-corrected chi connectivity index (χ1v) is 9.69. The summed E-state index contributed by atoms with van der Waals surface area (Å²) >= 11 is 0. The van der Waals surface area contributed by atoms with Gasteiger partial charge in [0, 0.05) is 13.1 Å². The Balaban J connectivity index is 1.55. The molecular formula is C22H24N4O3. The summed E-state index contributed by atoms with van der Waals surface area (Å²) in [6.45, 7) is 1.37. The fraction of sp³-hybridized carbons (Fsp3) is 0.318. The lowest BCUT2D eigenvalue weighted by Gasteiger charge is -2.33. The first kappa shape index (κ1) is 19.0. The molecule has 0 saturated carbocycles. The lowest BCUT2D eigenvalue weighted by Crippen LogP contribution is -2.41.